The highest BCUT2D eigenvalue weighted by Crippen LogP contribution is 2.35. The molecule has 1 aliphatic rings. The maximum Gasteiger partial charge on any atom is 0.261 e. The summed E-state index contributed by atoms with van der Waals surface area (Å²) in [6.07, 6.45) is 5.34. The lowest BCUT2D eigenvalue weighted by atomic mass is 10.1. The first kappa shape index (κ1) is 22.9. The maximum atomic E-state index is 12.6. The smallest absolute Gasteiger partial charge is 0.261 e. The normalized spacial score (nSPS) is 12.7. The van der Waals surface area contributed by atoms with Crippen LogP contribution in [0.25, 0.3) is 10.9 Å². The molecule has 10 nitrogen and oxygen atoms in total. The van der Waals surface area contributed by atoms with E-state index in [9.17, 15) is 4.79 Å². The molecule has 10 heteroatoms. The lowest BCUT2D eigenvalue weighted by Gasteiger charge is -2.13. The van der Waals surface area contributed by atoms with Crippen molar-refractivity contribution >= 4 is 34.3 Å². The van der Waals surface area contributed by atoms with Crippen molar-refractivity contribution in [2.45, 2.75) is 52.5 Å². The third-order valence-corrected chi connectivity index (χ3v) is 4.98. The molecule has 32 heavy (non-hydrogen) atoms. The van der Waals surface area contributed by atoms with Gasteiger partial charge < -0.3 is 16.2 Å². The molecular formula is C22H28N8O2. The Morgan fingerprint density at radius 1 is 1.22 bits per heavy atom. The number of hydrogen-bond acceptors (Lipinski definition) is 9. The van der Waals surface area contributed by atoms with E-state index in [1.807, 2.05) is 29.7 Å². The molecule has 0 aliphatic heterocycles. The van der Waals surface area contributed by atoms with Crippen LogP contribution in [0.5, 0.6) is 0 Å². The number of nitrogens with two attached hydrogens (primary N) is 2. The van der Waals surface area contributed by atoms with E-state index in [2.05, 4.69) is 16.9 Å². The van der Waals surface area contributed by atoms with Crippen molar-refractivity contribution in [1.82, 2.24) is 19.5 Å². The Morgan fingerprint density at radius 2 is 1.88 bits per heavy atom. The molecule has 3 aromatic rings. The number of ether oxygens (including phenoxy) is 1. The first-order valence-electron chi connectivity index (χ1n) is 10.4. The molecule has 0 unspecified atom stereocenters. The summed E-state index contributed by atoms with van der Waals surface area (Å²) in [5.41, 5.74) is 13.1. The molecule has 4 rings (SSSR count). The SMILES string of the molecule is CC(=N)OC(=N)c1c(N)ncnc1N.CCCc1nc2cccc(C)c2c(=O)n1C1CC1. The second-order valence-electron chi connectivity index (χ2n) is 7.66. The summed E-state index contributed by atoms with van der Waals surface area (Å²) in [5, 5.41) is 15.3. The zero-order valence-electron chi connectivity index (χ0n) is 18.5. The molecule has 1 aliphatic carbocycles. The van der Waals surface area contributed by atoms with Gasteiger partial charge in [0, 0.05) is 19.4 Å². The lowest BCUT2D eigenvalue weighted by molar-refractivity contribution is 0.532. The second kappa shape index (κ2) is 9.54. The minimum atomic E-state index is -0.326. The van der Waals surface area contributed by atoms with Gasteiger partial charge in [-0.05, 0) is 37.8 Å². The van der Waals surface area contributed by atoms with Gasteiger partial charge in [-0.25, -0.2) is 15.0 Å². The zero-order valence-corrected chi connectivity index (χ0v) is 18.5. The average Bonchev–Trinajstić information content (AvgIpc) is 3.53. The van der Waals surface area contributed by atoms with Gasteiger partial charge in [-0.1, -0.05) is 19.1 Å². The topological polar surface area (TPSA) is 170 Å². The fraction of sp³-hybridized carbons (Fsp3) is 0.364. The molecule has 6 N–H and O–H groups in total. The first-order chi connectivity index (χ1) is 15.2. The largest absolute Gasteiger partial charge is 0.425 e. The van der Waals surface area contributed by atoms with Crippen LogP contribution in [0.2, 0.25) is 0 Å². The predicted molar refractivity (Wildman–Crippen MR) is 125 cm³/mol. The number of aryl methyl sites for hydroxylation is 2. The molecule has 0 amide bonds. The van der Waals surface area contributed by atoms with Crippen molar-refractivity contribution in [1.29, 1.82) is 10.8 Å². The van der Waals surface area contributed by atoms with E-state index in [0.717, 1.165) is 48.0 Å². The third kappa shape index (κ3) is 4.90. The van der Waals surface area contributed by atoms with Crippen molar-refractivity contribution in [3.8, 4) is 0 Å². The third-order valence-electron chi connectivity index (χ3n) is 4.98. The van der Waals surface area contributed by atoms with Crippen LogP contribution in [0.15, 0.2) is 29.3 Å². The number of nitrogen functional groups attached to an aromatic ring is 2. The summed E-state index contributed by atoms with van der Waals surface area (Å²) >= 11 is 0. The van der Waals surface area contributed by atoms with Crippen LogP contribution in [0.3, 0.4) is 0 Å². The molecule has 2 heterocycles. The molecule has 2 aromatic heterocycles. The molecule has 1 aromatic carbocycles. The second-order valence-corrected chi connectivity index (χ2v) is 7.66. The summed E-state index contributed by atoms with van der Waals surface area (Å²) in [6.45, 7) is 5.51. The molecule has 168 valence electrons. The van der Waals surface area contributed by atoms with E-state index in [1.165, 1.54) is 13.3 Å². The van der Waals surface area contributed by atoms with Gasteiger partial charge in [-0.2, -0.15) is 0 Å². The van der Waals surface area contributed by atoms with E-state index in [-0.39, 0.29) is 34.6 Å². The van der Waals surface area contributed by atoms with Gasteiger partial charge in [-0.3, -0.25) is 20.2 Å². The summed E-state index contributed by atoms with van der Waals surface area (Å²) in [7, 11) is 0. The Bertz CT molecular complexity index is 1210. The van der Waals surface area contributed by atoms with Crippen LogP contribution < -0.4 is 17.0 Å². The summed E-state index contributed by atoms with van der Waals surface area (Å²) < 4.78 is 6.67. The van der Waals surface area contributed by atoms with Crippen LogP contribution in [0.1, 0.15) is 56.1 Å². The number of rotatable bonds is 4. The van der Waals surface area contributed by atoms with E-state index in [4.69, 9.17) is 32.0 Å². The highest BCUT2D eigenvalue weighted by Gasteiger charge is 2.28. The number of aromatic nitrogens is 4. The maximum absolute atomic E-state index is 12.6. The van der Waals surface area contributed by atoms with E-state index in [1.54, 1.807) is 0 Å². The van der Waals surface area contributed by atoms with Crippen molar-refractivity contribution in [2.75, 3.05) is 11.5 Å². The van der Waals surface area contributed by atoms with Crippen molar-refractivity contribution in [3.05, 3.63) is 51.8 Å². The van der Waals surface area contributed by atoms with E-state index in [0.29, 0.717) is 6.04 Å². The standard InChI is InChI=1S/C15H18N2O.C7H10N6O/c1-3-5-13-16-12-7-4-6-10(2)14(12)15(18)17(13)11-8-9-11;1-3(8)14-7(11)4-5(9)12-2-13-6(4)10/h4,6-7,11H,3,5,8-9H2,1-2H3;2,8,11H,1H3,(H4,9,10,12,13). The average molecular weight is 437 g/mol. The molecule has 0 bridgehead atoms. The number of benzene rings is 1. The number of fused-ring (bicyclic) bond motifs is 1. The lowest BCUT2D eigenvalue weighted by Crippen LogP contribution is -2.25. The number of hydrogen-bond donors (Lipinski definition) is 4. The number of anilines is 2. The van der Waals surface area contributed by atoms with Crippen molar-refractivity contribution in [2.24, 2.45) is 0 Å². The van der Waals surface area contributed by atoms with Gasteiger partial charge >= 0.3 is 0 Å². The van der Waals surface area contributed by atoms with Gasteiger partial charge in [-0.15, -0.1) is 0 Å². The molecule has 0 atom stereocenters. The van der Waals surface area contributed by atoms with Crippen LogP contribution in [0, 0.1) is 17.7 Å². The zero-order chi connectivity index (χ0) is 23.4. The monoisotopic (exact) mass is 436 g/mol. The summed E-state index contributed by atoms with van der Waals surface area (Å²) in [6, 6.07) is 6.30. The molecular weight excluding hydrogens is 408 g/mol. The Hall–Kier alpha value is -3.82. The Labute approximate surface area is 185 Å². The van der Waals surface area contributed by atoms with Crippen molar-refractivity contribution < 1.29 is 4.74 Å². The molecule has 1 fully saturated rings. The molecule has 1 saturated carbocycles. The first-order valence-corrected chi connectivity index (χ1v) is 10.4. The Morgan fingerprint density at radius 3 is 2.44 bits per heavy atom. The highest BCUT2D eigenvalue weighted by atomic mass is 16.5. The quantitative estimate of drug-likeness (QED) is 0.360. The van der Waals surface area contributed by atoms with Gasteiger partial charge in [0.25, 0.3) is 5.56 Å². The van der Waals surface area contributed by atoms with Gasteiger partial charge in [0.2, 0.25) is 5.90 Å². The minimum Gasteiger partial charge on any atom is -0.425 e. The van der Waals surface area contributed by atoms with E-state index < -0.39 is 0 Å². The molecule has 0 radical (unpaired) electrons. The summed E-state index contributed by atoms with van der Waals surface area (Å²) in [5.74, 6) is 0.626. The Kier molecular flexibility index (Phi) is 6.82. The van der Waals surface area contributed by atoms with Crippen molar-refractivity contribution in [3.63, 3.8) is 0 Å². The van der Waals surface area contributed by atoms with Gasteiger partial charge in [0.15, 0.2) is 5.90 Å². The van der Waals surface area contributed by atoms with Gasteiger partial charge in [0.1, 0.15) is 29.4 Å². The Balaban J connectivity index is 0.000000188. The fourth-order valence-corrected chi connectivity index (χ4v) is 3.41. The van der Waals surface area contributed by atoms with Gasteiger partial charge in [0.05, 0.1) is 10.9 Å². The number of nitrogens with zero attached hydrogens (tertiary/aromatic N) is 4. The van der Waals surface area contributed by atoms with E-state index >= 15 is 0 Å². The molecule has 0 spiro atoms. The van der Waals surface area contributed by atoms with Crippen LogP contribution in [-0.4, -0.2) is 31.3 Å². The van der Waals surface area contributed by atoms with Crippen LogP contribution in [-0.2, 0) is 11.2 Å². The van der Waals surface area contributed by atoms with Crippen LogP contribution >= 0.6 is 0 Å². The highest BCUT2D eigenvalue weighted by molar-refractivity contribution is 6.04. The number of nitrogens with one attached hydrogen (secondary N) is 2. The summed E-state index contributed by atoms with van der Waals surface area (Å²) in [4.78, 5) is 24.7. The fourth-order valence-electron chi connectivity index (χ4n) is 3.41. The predicted octanol–water partition coefficient (Wildman–Crippen LogP) is 2.97. The minimum absolute atomic E-state index is 0.0590. The van der Waals surface area contributed by atoms with Crippen LogP contribution in [0.4, 0.5) is 11.6 Å². The molecule has 0 saturated heterocycles.